The summed E-state index contributed by atoms with van der Waals surface area (Å²) >= 11 is 0. The minimum absolute atomic E-state index is 0.153. The number of aliphatic hydroxyl groups excluding tert-OH is 2. The third kappa shape index (κ3) is 8.34. The van der Waals surface area contributed by atoms with Crippen molar-refractivity contribution in [2.75, 3.05) is 6.61 Å². The second kappa shape index (κ2) is 12.3. The molecule has 0 heterocycles. The Morgan fingerprint density at radius 3 is 1.79 bits per heavy atom. The number of carboxylic acids is 1. The van der Waals surface area contributed by atoms with Gasteiger partial charge in [0.2, 0.25) is 17.7 Å². The Balaban J connectivity index is 5.31. The van der Waals surface area contributed by atoms with Crippen LogP contribution in [0.3, 0.4) is 0 Å². The van der Waals surface area contributed by atoms with Crippen LogP contribution < -0.4 is 21.7 Å². The first-order valence-electron chi connectivity index (χ1n) is 9.55. The van der Waals surface area contributed by atoms with Gasteiger partial charge < -0.3 is 37.0 Å². The molecular formula is C18H34N4O7. The van der Waals surface area contributed by atoms with Gasteiger partial charge in [-0.2, -0.15) is 0 Å². The van der Waals surface area contributed by atoms with Crippen LogP contribution in [0.1, 0.15) is 41.0 Å². The highest BCUT2D eigenvalue weighted by Gasteiger charge is 2.33. The number of carbonyl (C=O) groups excluding carboxylic acids is 3. The molecule has 0 aromatic carbocycles. The maximum atomic E-state index is 12.7. The van der Waals surface area contributed by atoms with Crippen molar-refractivity contribution in [2.24, 2.45) is 17.6 Å². The Morgan fingerprint density at radius 2 is 1.41 bits per heavy atom. The summed E-state index contributed by atoms with van der Waals surface area (Å²) in [5.74, 6) is -4.15. The highest BCUT2D eigenvalue weighted by atomic mass is 16.4. The Morgan fingerprint density at radius 1 is 0.897 bits per heavy atom. The topological polar surface area (TPSA) is 191 Å². The molecule has 168 valence electrons. The summed E-state index contributed by atoms with van der Waals surface area (Å²) in [6.45, 7) is 7.43. The molecule has 0 saturated heterocycles. The highest BCUT2D eigenvalue weighted by Crippen LogP contribution is 2.10. The Kier molecular flexibility index (Phi) is 11.4. The van der Waals surface area contributed by atoms with Crippen LogP contribution in [0, 0.1) is 11.8 Å². The summed E-state index contributed by atoms with van der Waals surface area (Å²) in [4.78, 5) is 48.3. The van der Waals surface area contributed by atoms with Crippen LogP contribution in [-0.2, 0) is 19.2 Å². The first-order valence-corrected chi connectivity index (χ1v) is 9.55. The number of hydrogen-bond donors (Lipinski definition) is 7. The van der Waals surface area contributed by atoms with Gasteiger partial charge in [-0.1, -0.05) is 34.1 Å². The molecule has 0 saturated carbocycles. The maximum absolute atomic E-state index is 12.7. The molecule has 0 aliphatic carbocycles. The van der Waals surface area contributed by atoms with E-state index >= 15 is 0 Å². The number of amides is 3. The van der Waals surface area contributed by atoms with E-state index in [0.717, 1.165) is 0 Å². The molecule has 29 heavy (non-hydrogen) atoms. The minimum Gasteiger partial charge on any atom is -0.480 e. The first-order chi connectivity index (χ1) is 13.4. The number of hydrogen-bond acceptors (Lipinski definition) is 7. The summed E-state index contributed by atoms with van der Waals surface area (Å²) in [6.07, 6.45) is -0.856. The van der Waals surface area contributed by atoms with E-state index in [4.69, 9.17) is 10.8 Å². The molecule has 0 aromatic rings. The van der Waals surface area contributed by atoms with Gasteiger partial charge in [0, 0.05) is 0 Å². The van der Waals surface area contributed by atoms with Gasteiger partial charge in [-0.15, -0.1) is 0 Å². The lowest BCUT2D eigenvalue weighted by atomic mass is 9.96. The largest absolute Gasteiger partial charge is 0.480 e. The lowest BCUT2D eigenvalue weighted by Gasteiger charge is -2.28. The van der Waals surface area contributed by atoms with Crippen molar-refractivity contribution in [3.8, 4) is 0 Å². The van der Waals surface area contributed by atoms with Crippen molar-refractivity contribution < 1.29 is 34.5 Å². The molecule has 8 N–H and O–H groups in total. The number of aliphatic carboxylic acids is 1. The lowest BCUT2D eigenvalue weighted by molar-refractivity contribution is -0.145. The minimum atomic E-state index is -1.61. The van der Waals surface area contributed by atoms with E-state index in [2.05, 4.69) is 16.0 Å². The zero-order valence-electron chi connectivity index (χ0n) is 17.5. The second-order valence-electron chi connectivity index (χ2n) is 7.45. The molecule has 0 aliphatic rings. The monoisotopic (exact) mass is 418 g/mol. The third-order valence-electron chi connectivity index (χ3n) is 4.68. The van der Waals surface area contributed by atoms with Crippen LogP contribution in [0.25, 0.3) is 0 Å². The smallest absolute Gasteiger partial charge is 0.328 e. The van der Waals surface area contributed by atoms with E-state index in [1.165, 1.54) is 6.92 Å². The Hall–Kier alpha value is -2.24. The van der Waals surface area contributed by atoms with Crippen molar-refractivity contribution in [2.45, 2.75) is 71.3 Å². The fraction of sp³-hybridized carbons (Fsp3) is 0.778. The summed E-state index contributed by atoms with van der Waals surface area (Å²) in [5.41, 5.74) is 5.81. The molecule has 11 nitrogen and oxygen atoms in total. The van der Waals surface area contributed by atoms with Gasteiger partial charge >= 0.3 is 5.97 Å². The van der Waals surface area contributed by atoms with Crippen LogP contribution >= 0.6 is 0 Å². The number of nitrogens with two attached hydrogens (primary N) is 1. The molecule has 0 aromatic heterocycles. The van der Waals surface area contributed by atoms with Crippen LogP contribution in [-0.4, -0.2) is 75.9 Å². The van der Waals surface area contributed by atoms with E-state index in [1.54, 1.807) is 20.8 Å². The normalized spacial score (nSPS) is 17.4. The molecule has 0 rings (SSSR count). The van der Waals surface area contributed by atoms with Crippen molar-refractivity contribution >= 4 is 23.7 Å². The number of rotatable bonds is 12. The number of aliphatic hydroxyl groups is 2. The molecule has 0 radical (unpaired) electrons. The molecule has 3 amide bonds. The average Bonchev–Trinajstić information content (AvgIpc) is 2.65. The van der Waals surface area contributed by atoms with E-state index in [9.17, 15) is 29.4 Å². The van der Waals surface area contributed by atoms with Crippen molar-refractivity contribution in [1.29, 1.82) is 0 Å². The van der Waals surface area contributed by atoms with Crippen molar-refractivity contribution in [3.05, 3.63) is 0 Å². The molecule has 0 spiro atoms. The maximum Gasteiger partial charge on any atom is 0.328 e. The summed E-state index contributed by atoms with van der Waals surface area (Å²) in [5, 5.41) is 34.9. The molecular weight excluding hydrogens is 384 g/mol. The van der Waals surface area contributed by atoms with Crippen LogP contribution in [0.15, 0.2) is 0 Å². The summed E-state index contributed by atoms with van der Waals surface area (Å²) < 4.78 is 0. The zero-order valence-corrected chi connectivity index (χ0v) is 17.5. The SMILES string of the molecule is CCC(C)C(NC(=O)C(N)C(C)C)C(=O)NC(CO)C(=O)NC(C(=O)O)C(C)O. The Labute approximate surface area is 170 Å². The number of nitrogens with one attached hydrogen (secondary N) is 3. The molecule has 0 aliphatic heterocycles. The van der Waals surface area contributed by atoms with Crippen LogP contribution in [0.4, 0.5) is 0 Å². The van der Waals surface area contributed by atoms with E-state index in [1.807, 2.05) is 6.92 Å². The van der Waals surface area contributed by atoms with Gasteiger partial charge in [0.15, 0.2) is 6.04 Å². The fourth-order valence-corrected chi connectivity index (χ4v) is 2.35. The van der Waals surface area contributed by atoms with Gasteiger partial charge in [0.05, 0.1) is 18.8 Å². The molecule has 6 atom stereocenters. The number of carbonyl (C=O) groups is 4. The standard InChI is InChI=1S/C18H34N4O7/c1-6-9(4)13(21-16(26)12(19)8(2)3)17(27)20-11(7-23)15(25)22-14(10(5)24)18(28)29/h8-14,23-24H,6-7,19H2,1-5H3,(H,20,27)(H,21,26)(H,22,25)(H,28,29). The van der Waals surface area contributed by atoms with Crippen molar-refractivity contribution in [3.63, 3.8) is 0 Å². The predicted octanol–water partition coefficient (Wildman–Crippen LogP) is -2.07. The van der Waals surface area contributed by atoms with E-state index < -0.39 is 60.6 Å². The summed E-state index contributed by atoms with van der Waals surface area (Å²) in [6, 6.07) is -4.91. The quantitative estimate of drug-likeness (QED) is 0.188. The van der Waals surface area contributed by atoms with E-state index in [0.29, 0.717) is 6.42 Å². The van der Waals surface area contributed by atoms with E-state index in [-0.39, 0.29) is 11.8 Å². The van der Waals surface area contributed by atoms with Crippen molar-refractivity contribution in [1.82, 2.24) is 16.0 Å². The van der Waals surface area contributed by atoms with Gasteiger partial charge in [-0.25, -0.2) is 4.79 Å². The van der Waals surface area contributed by atoms with Gasteiger partial charge in [0.1, 0.15) is 12.1 Å². The van der Waals surface area contributed by atoms with Crippen LogP contribution in [0.5, 0.6) is 0 Å². The second-order valence-corrected chi connectivity index (χ2v) is 7.45. The van der Waals surface area contributed by atoms with Crippen LogP contribution in [0.2, 0.25) is 0 Å². The summed E-state index contributed by atoms with van der Waals surface area (Å²) in [7, 11) is 0. The predicted molar refractivity (Wildman–Crippen MR) is 104 cm³/mol. The third-order valence-corrected chi connectivity index (χ3v) is 4.68. The fourth-order valence-electron chi connectivity index (χ4n) is 2.35. The number of carboxylic acid groups (broad SMARTS) is 1. The lowest BCUT2D eigenvalue weighted by Crippen LogP contribution is -2.60. The van der Waals surface area contributed by atoms with Gasteiger partial charge in [-0.05, 0) is 18.8 Å². The molecule has 0 fully saturated rings. The first kappa shape index (κ1) is 26.8. The zero-order chi connectivity index (χ0) is 22.9. The highest BCUT2D eigenvalue weighted by molar-refractivity contribution is 5.94. The molecule has 0 bridgehead atoms. The van der Waals surface area contributed by atoms with Gasteiger partial charge in [-0.3, -0.25) is 14.4 Å². The van der Waals surface area contributed by atoms with Gasteiger partial charge in [0.25, 0.3) is 0 Å². The molecule has 6 unspecified atom stereocenters. The average molecular weight is 418 g/mol. The Bertz CT molecular complexity index is 583. The molecule has 11 heteroatoms.